The first kappa shape index (κ1) is 18.6. The van der Waals surface area contributed by atoms with Crippen LogP contribution in [0.3, 0.4) is 0 Å². The first-order chi connectivity index (χ1) is 14.8. The molecule has 6 nitrogen and oxygen atoms in total. The summed E-state index contributed by atoms with van der Waals surface area (Å²) in [7, 11) is 0. The van der Waals surface area contributed by atoms with E-state index in [1.54, 1.807) is 4.57 Å². The minimum atomic E-state index is 0.00108. The molecule has 5 rings (SSSR count). The average Bonchev–Trinajstić information content (AvgIpc) is 3.17. The summed E-state index contributed by atoms with van der Waals surface area (Å²) >= 11 is 0. The highest BCUT2D eigenvalue weighted by atomic mass is 16.1. The molecule has 0 spiro atoms. The van der Waals surface area contributed by atoms with Crippen molar-refractivity contribution in [3.63, 3.8) is 0 Å². The molecule has 1 fully saturated rings. The highest BCUT2D eigenvalue weighted by Gasteiger charge is 2.21. The fourth-order valence-electron chi connectivity index (χ4n) is 4.09. The fraction of sp³-hybridized carbons (Fsp3) is 0.250. The number of piperazine rings is 1. The van der Waals surface area contributed by atoms with Gasteiger partial charge in [0.1, 0.15) is 5.52 Å². The van der Waals surface area contributed by atoms with E-state index in [9.17, 15) is 4.79 Å². The van der Waals surface area contributed by atoms with Crippen LogP contribution < -0.4 is 15.8 Å². The summed E-state index contributed by atoms with van der Waals surface area (Å²) in [4.78, 5) is 20.7. The maximum absolute atomic E-state index is 13.5. The first-order valence-corrected chi connectivity index (χ1v) is 10.4. The fourth-order valence-corrected chi connectivity index (χ4v) is 4.09. The van der Waals surface area contributed by atoms with Crippen LogP contribution in [0.5, 0.6) is 0 Å². The molecule has 0 saturated carbocycles. The van der Waals surface area contributed by atoms with E-state index >= 15 is 0 Å². The lowest BCUT2D eigenvalue weighted by molar-refractivity contribution is 0.571. The van der Waals surface area contributed by atoms with Crippen LogP contribution in [0.2, 0.25) is 0 Å². The molecule has 152 valence electrons. The van der Waals surface area contributed by atoms with E-state index in [1.165, 1.54) is 0 Å². The number of hydrogen-bond donors (Lipinski definition) is 1. The van der Waals surface area contributed by atoms with Gasteiger partial charge >= 0.3 is 0 Å². The van der Waals surface area contributed by atoms with Gasteiger partial charge in [-0.1, -0.05) is 60.7 Å². The van der Waals surface area contributed by atoms with Gasteiger partial charge in [0.25, 0.3) is 5.56 Å². The molecule has 0 amide bonds. The molecule has 2 aromatic heterocycles. The van der Waals surface area contributed by atoms with E-state index in [0.29, 0.717) is 18.6 Å². The minimum Gasteiger partial charge on any atom is -0.340 e. The smallest absolute Gasteiger partial charge is 0.277 e. The van der Waals surface area contributed by atoms with E-state index in [0.717, 1.165) is 48.8 Å². The van der Waals surface area contributed by atoms with Crippen LogP contribution in [0.25, 0.3) is 11.0 Å². The van der Waals surface area contributed by atoms with Gasteiger partial charge in [0, 0.05) is 32.4 Å². The van der Waals surface area contributed by atoms with Gasteiger partial charge in [-0.3, -0.25) is 4.79 Å². The van der Waals surface area contributed by atoms with Crippen LogP contribution in [-0.4, -0.2) is 40.3 Å². The lowest BCUT2D eigenvalue weighted by atomic mass is 10.2. The summed E-state index contributed by atoms with van der Waals surface area (Å²) in [6.07, 6.45) is 1.86. The average molecular weight is 399 g/mol. The summed E-state index contributed by atoms with van der Waals surface area (Å²) in [5.74, 6) is 0.880. The summed E-state index contributed by atoms with van der Waals surface area (Å²) in [5, 5.41) is 3.39. The molecule has 0 atom stereocenters. The zero-order valence-corrected chi connectivity index (χ0v) is 16.9. The van der Waals surface area contributed by atoms with Crippen molar-refractivity contribution in [3.8, 4) is 0 Å². The van der Waals surface area contributed by atoms with Crippen LogP contribution in [0.1, 0.15) is 11.1 Å². The van der Waals surface area contributed by atoms with Gasteiger partial charge in [0.15, 0.2) is 0 Å². The molecule has 2 aromatic carbocycles. The van der Waals surface area contributed by atoms with E-state index in [-0.39, 0.29) is 5.56 Å². The van der Waals surface area contributed by atoms with Gasteiger partial charge < -0.3 is 19.4 Å². The molecular formula is C24H25N5O. The molecule has 4 aromatic rings. The minimum absolute atomic E-state index is 0.00108. The topological polar surface area (TPSA) is 55.1 Å². The van der Waals surface area contributed by atoms with Crippen molar-refractivity contribution in [2.75, 3.05) is 31.1 Å². The third-order valence-corrected chi connectivity index (χ3v) is 5.63. The zero-order valence-electron chi connectivity index (χ0n) is 16.9. The molecule has 0 radical (unpaired) electrons. The Labute approximate surface area is 175 Å². The number of hydrogen-bond acceptors (Lipinski definition) is 4. The van der Waals surface area contributed by atoms with Gasteiger partial charge in [-0.05, 0) is 17.2 Å². The SMILES string of the molecule is O=c1c2c(ccn1Cc1ccccc1)nc(N1CCNCC1)n2Cc1ccccc1. The summed E-state index contributed by atoms with van der Waals surface area (Å²) in [6.45, 7) is 4.79. The van der Waals surface area contributed by atoms with Gasteiger partial charge in [-0.15, -0.1) is 0 Å². The molecule has 6 heteroatoms. The first-order valence-electron chi connectivity index (χ1n) is 10.4. The number of imidazole rings is 1. The van der Waals surface area contributed by atoms with Crippen LogP contribution in [0.4, 0.5) is 5.95 Å². The van der Waals surface area contributed by atoms with E-state index < -0.39 is 0 Å². The standard InChI is InChI=1S/C24H25N5O/c30-23-22-21(11-14-28(23)17-19-7-3-1-4-8-19)26-24(27-15-12-25-13-16-27)29(22)18-20-9-5-2-6-10-20/h1-11,14,25H,12-13,15-18H2. The Balaban J connectivity index is 1.63. The van der Waals surface area contributed by atoms with Crippen LogP contribution in [0, 0.1) is 0 Å². The predicted molar refractivity (Wildman–Crippen MR) is 120 cm³/mol. The Morgan fingerprint density at radius 1 is 0.833 bits per heavy atom. The number of rotatable bonds is 5. The molecule has 1 N–H and O–H groups in total. The number of pyridine rings is 1. The van der Waals surface area contributed by atoms with E-state index in [1.807, 2.05) is 60.8 Å². The Morgan fingerprint density at radius 2 is 1.47 bits per heavy atom. The van der Waals surface area contributed by atoms with Crippen LogP contribution in [0.15, 0.2) is 77.7 Å². The number of aromatic nitrogens is 3. The van der Waals surface area contributed by atoms with E-state index in [2.05, 4.69) is 26.9 Å². The summed E-state index contributed by atoms with van der Waals surface area (Å²) in [5.41, 5.74) is 3.70. The number of nitrogens with zero attached hydrogens (tertiary/aromatic N) is 4. The second-order valence-corrected chi connectivity index (χ2v) is 7.69. The molecule has 0 aliphatic carbocycles. The van der Waals surface area contributed by atoms with Crippen molar-refractivity contribution in [1.29, 1.82) is 0 Å². The molecule has 0 bridgehead atoms. The Morgan fingerprint density at radius 3 is 2.13 bits per heavy atom. The lowest BCUT2D eigenvalue weighted by Crippen LogP contribution is -2.44. The maximum atomic E-state index is 13.5. The predicted octanol–water partition coefficient (Wildman–Crippen LogP) is 2.70. The number of fused-ring (bicyclic) bond motifs is 1. The third kappa shape index (κ3) is 3.62. The Bertz CT molecular complexity index is 1190. The van der Waals surface area contributed by atoms with Crippen molar-refractivity contribution < 1.29 is 0 Å². The molecular weight excluding hydrogens is 374 g/mol. The highest BCUT2D eigenvalue weighted by Crippen LogP contribution is 2.22. The van der Waals surface area contributed by atoms with Crippen molar-refractivity contribution in [3.05, 3.63) is 94.4 Å². The molecule has 3 heterocycles. The van der Waals surface area contributed by atoms with Crippen molar-refractivity contribution in [1.82, 2.24) is 19.4 Å². The third-order valence-electron chi connectivity index (χ3n) is 5.63. The van der Waals surface area contributed by atoms with Gasteiger partial charge in [0.2, 0.25) is 5.95 Å². The summed E-state index contributed by atoms with van der Waals surface area (Å²) in [6, 6.07) is 22.3. The second kappa shape index (κ2) is 8.16. The van der Waals surface area contributed by atoms with Crippen LogP contribution in [-0.2, 0) is 13.1 Å². The van der Waals surface area contributed by atoms with Crippen molar-refractivity contribution >= 4 is 17.0 Å². The quantitative estimate of drug-likeness (QED) is 0.561. The normalized spacial score (nSPS) is 14.3. The largest absolute Gasteiger partial charge is 0.340 e. The molecule has 1 aliphatic rings. The number of nitrogens with one attached hydrogen (secondary N) is 1. The Kier molecular flexibility index (Phi) is 5.07. The Hall–Kier alpha value is -3.38. The molecule has 30 heavy (non-hydrogen) atoms. The van der Waals surface area contributed by atoms with Gasteiger partial charge in [0.05, 0.1) is 18.6 Å². The van der Waals surface area contributed by atoms with Crippen molar-refractivity contribution in [2.45, 2.75) is 13.1 Å². The molecule has 1 saturated heterocycles. The monoisotopic (exact) mass is 399 g/mol. The van der Waals surface area contributed by atoms with Gasteiger partial charge in [-0.2, -0.15) is 0 Å². The lowest BCUT2D eigenvalue weighted by Gasteiger charge is -2.28. The van der Waals surface area contributed by atoms with Gasteiger partial charge in [-0.25, -0.2) is 4.98 Å². The second-order valence-electron chi connectivity index (χ2n) is 7.69. The zero-order chi connectivity index (χ0) is 20.3. The summed E-state index contributed by atoms with van der Waals surface area (Å²) < 4.78 is 3.88. The number of anilines is 1. The maximum Gasteiger partial charge on any atom is 0.277 e. The molecule has 0 unspecified atom stereocenters. The molecule has 1 aliphatic heterocycles. The highest BCUT2D eigenvalue weighted by molar-refractivity contribution is 5.78. The van der Waals surface area contributed by atoms with E-state index in [4.69, 9.17) is 4.98 Å². The van der Waals surface area contributed by atoms with Crippen LogP contribution >= 0.6 is 0 Å². The van der Waals surface area contributed by atoms with Crippen molar-refractivity contribution in [2.24, 2.45) is 0 Å². The number of benzene rings is 2.